The summed E-state index contributed by atoms with van der Waals surface area (Å²) in [7, 11) is 0. The second-order valence-electron chi connectivity index (χ2n) is 7.15. The summed E-state index contributed by atoms with van der Waals surface area (Å²) in [6, 6.07) is -2.55. The van der Waals surface area contributed by atoms with Gasteiger partial charge in [0.1, 0.15) is 12.1 Å². The summed E-state index contributed by atoms with van der Waals surface area (Å²) in [6.45, 7) is 7.31. The van der Waals surface area contributed by atoms with Crippen molar-refractivity contribution in [2.24, 2.45) is 5.92 Å². The minimum Gasteiger partial charge on any atom is -0.348 e. The van der Waals surface area contributed by atoms with Gasteiger partial charge in [0.2, 0.25) is 11.8 Å². The van der Waals surface area contributed by atoms with Crippen molar-refractivity contribution in [2.75, 3.05) is 12.4 Å². The number of halogens is 1. The maximum Gasteiger partial charge on any atom is 0.278 e. The van der Waals surface area contributed by atoms with Gasteiger partial charge in [0.05, 0.1) is 11.9 Å². The number of quaternary nitrogens is 1. The van der Waals surface area contributed by atoms with Crippen molar-refractivity contribution >= 4 is 35.1 Å². The Hall–Kier alpha value is -1.67. The summed E-state index contributed by atoms with van der Waals surface area (Å²) in [5, 5.41) is 5.33. The molecule has 4 atom stereocenters. The molecule has 26 heavy (non-hydrogen) atoms. The molecule has 1 heterocycles. The predicted molar refractivity (Wildman–Crippen MR) is 97.2 cm³/mol. The molecule has 0 aromatic rings. The molecule has 0 aromatic heterocycles. The number of likely N-dealkylation sites (tertiary alicyclic amines) is 1. The van der Waals surface area contributed by atoms with Gasteiger partial charge in [0, 0.05) is 6.54 Å². The molecule has 1 aliphatic rings. The van der Waals surface area contributed by atoms with E-state index in [-0.39, 0.29) is 35.3 Å². The van der Waals surface area contributed by atoms with E-state index < -0.39 is 24.2 Å². The van der Waals surface area contributed by atoms with Gasteiger partial charge < -0.3 is 21.3 Å². The smallest absolute Gasteiger partial charge is 0.278 e. The summed E-state index contributed by atoms with van der Waals surface area (Å²) >= 11 is 5.62. The fraction of sp³-hybridized carbons (Fsp3) is 0.765. The maximum atomic E-state index is 12.7. The Morgan fingerprint density at radius 3 is 2.27 bits per heavy atom. The first-order chi connectivity index (χ1) is 12.1. The van der Waals surface area contributed by atoms with Crippen molar-refractivity contribution in [1.29, 1.82) is 0 Å². The third-order valence-electron chi connectivity index (χ3n) is 4.46. The number of hydrogen-bond acceptors (Lipinski definition) is 4. The van der Waals surface area contributed by atoms with E-state index in [2.05, 4.69) is 16.4 Å². The second kappa shape index (κ2) is 9.87. The number of amides is 3. The fourth-order valence-electron chi connectivity index (χ4n) is 2.92. The van der Waals surface area contributed by atoms with Crippen LogP contribution in [0.4, 0.5) is 0 Å². The predicted octanol–water partition coefficient (Wildman–Crippen LogP) is -0.939. The van der Waals surface area contributed by atoms with Crippen molar-refractivity contribution in [3.05, 3.63) is 0 Å². The lowest BCUT2D eigenvalue weighted by atomic mass is 10.00. The largest absolute Gasteiger partial charge is 0.348 e. The maximum absolute atomic E-state index is 12.7. The van der Waals surface area contributed by atoms with Gasteiger partial charge in [-0.05, 0) is 32.6 Å². The molecule has 1 saturated heterocycles. The molecule has 1 aliphatic heterocycles. The van der Waals surface area contributed by atoms with Crippen molar-refractivity contribution in [3.8, 4) is 0 Å². The first-order valence-corrected chi connectivity index (χ1v) is 9.46. The van der Waals surface area contributed by atoms with Crippen LogP contribution in [-0.4, -0.2) is 65.0 Å². The fourth-order valence-corrected chi connectivity index (χ4v) is 3.09. The van der Waals surface area contributed by atoms with Crippen molar-refractivity contribution < 1.29 is 24.9 Å². The van der Waals surface area contributed by atoms with Crippen LogP contribution in [0.5, 0.6) is 0 Å². The van der Waals surface area contributed by atoms with Crippen LogP contribution >= 0.6 is 11.6 Å². The van der Waals surface area contributed by atoms with E-state index in [0.717, 1.165) is 0 Å². The zero-order valence-electron chi connectivity index (χ0n) is 15.9. The van der Waals surface area contributed by atoms with E-state index in [4.69, 9.17) is 11.6 Å². The Morgan fingerprint density at radius 2 is 1.77 bits per heavy atom. The molecule has 0 bridgehead atoms. The van der Waals surface area contributed by atoms with Crippen LogP contribution < -0.4 is 16.4 Å². The standard InChI is InChI=1S/C17H29ClN4O4/c1-9(2)14(13(23)8-18)21-16(25)12-6-5-7-22(12)17(26)11(4)20-15(24)10(3)19/h9-12,14H,5-8,19H2,1-4H3,(H,20,24)(H,21,25)/p+1/t10-,11-,12-,14-/m0/s1. The van der Waals surface area contributed by atoms with Crippen LogP contribution in [0.25, 0.3) is 0 Å². The highest BCUT2D eigenvalue weighted by Crippen LogP contribution is 2.19. The lowest BCUT2D eigenvalue weighted by Crippen LogP contribution is -2.67. The average molecular weight is 390 g/mol. The Labute approximate surface area is 159 Å². The highest BCUT2D eigenvalue weighted by molar-refractivity contribution is 6.28. The van der Waals surface area contributed by atoms with E-state index in [1.54, 1.807) is 13.8 Å². The van der Waals surface area contributed by atoms with E-state index in [9.17, 15) is 19.2 Å². The first kappa shape index (κ1) is 22.4. The number of nitrogens with one attached hydrogen (secondary N) is 2. The minimum atomic E-state index is -0.745. The molecule has 148 valence electrons. The van der Waals surface area contributed by atoms with Crippen LogP contribution in [0.15, 0.2) is 0 Å². The molecule has 0 aromatic carbocycles. The molecule has 8 nitrogen and oxygen atoms in total. The number of ketones is 1. The van der Waals surface area contributed by atoms with Gasteiger partial charge in [-0.25, -0.2) is 0 Å². The normalized spacial score (nSPS) is 20.4. The molecule has 0 saturated carbocycles. The Balaban J connectivity index is 2.79. The summed E-state index contributed by atoms with van der Waals surface area (Å²) < 4.78 is 0. The van der Waals surface area contributed by atoms with Gasteiger partial charge in [0.15, 0.2) is 11.8 Å². The van der Waals surface area contributed by atoms with Gasteiger partial charge in [-0.15, -0.1) is 11.6 Å². The molecule has 3 amide bonds. The number of carbonyl (C=O) groups excluding carboxylic acids is 4. The SMILES string of the molecule is CC(C)[C@H](NC(=O)[C@@H]1CCCN1C(=O)[C@H](C)NC(=O)[C@H](C)[NH3+])C(=O)CCl. The number of carbonyl (C=O) groups is 4. The monoisotopic (exact) mass is 389 g/mol. The molecule has 0 unspecified atom stereocenters. The van der Waals surface area contributed by atoms with Gasteiger partial charge in [-0.2, -0.15) is 0 Å². The molecular formula is C17H30ClN4O4+. The molecule has 1 rings (SSSR count). The van der Waals surface area contributed by atoms with E-state index in [1.165, 1.54) is 4.90 Å². The van der Waals surface area contributed by atoms with E-state index in [1.807, 2.05) is 13.8 Å². The van der Waals surface area contributed by atoms with Crippen LogP contribution in [0, 0.1) is 5.92 Å². The molecule has 0 spiro atoms. The van der Waals surface area contributed by atoms with E-state index in [0.29, 0.717) is 19.4 Å². The number of hydrogen-bond donors (Lipinski definition) is 3. The van der Waals surface area contributed by atoms with Crippen LogP contribution in [0.3, 0.4) is 0 Å². The van der Waals surface area contributed by atoms with Crippen LogP contribution in [-0.2, 0) is 19.2 Å². The quantitative estimate of drug-likeness (QED) is 0.463. The van der Waals surface area contributed by atoms with E-state index >= 15 is 0 Å². The Morgan fingerprint density at radius 1 is 1.15 bits per heavy atom. The lowest BCUT2D eigenvalue weighted by Gasteiger charge is -2.29. The zero-order valence-corrected chi connectivity index (χ0v) is 16.6. The minimum absolute atomic E-state index is 0.104. The molecule has 5 N–H and O–H groups in total. The highest BCUT2D eigenvalue weighted by Gasteiger charge is 2.38. The molecular weight excluding hydrogens is 360 g/mol. The van der Waals surface area contributed by atoms with Crippen molar-refractivity contribution in [2.45, 2.75) is 64.7 Å². The molecule has 1 fully saturated rings. The topological polar surface area (TPSA) is 123 Å². The van der Waals surface area contributed by atoms with Crippen molar-refractivity contribution in [3.63, 3.8) is 0 Å². The number of nitrogens with zero attached hydrogens (tertiary/aromatic N) is 1. The summed E-state index contributed by atoms with van der Waals surface area (Å²) in [4.78, 5) is 50.4. The molecule has 9 heteroatoms. The molecule has 0 radical (unpaired) electrons. The Bertz CT molecular complexity index is 553. The first-order valence-electron chi connectivity index (χ1n) is 8.93. The van der Waals surface area contributed by atoms with Gasteiger partial charge in [0.25, 0.3) is 5.91 Å². The summed E-state index contributed by atoms with van der Waals surface area (Å²) in [6.07, 6.45) is 1.20. The second-order valence-corrected chi connectivity index (χ2v) is 7.42. The summed E-state index contributed by atoms with van der Waals surface area (Å²) in [5.74, 6) is -1.54. The average Bonchev–Trinajstić information content (AvgIpc) is 3.07. The van der Waals surface area contributed by atoms with Crippen molar-refractivity contribution in [1.82, 2.24) is 15.5 Å². The van der Waals surface area contributed by atoms with Gasteiger partial charge in [-0.3, -0.25) is 19.2 Å². The van der Waals surface area contributed by atoms with Crippen LogP contribution in [0.2, 0.25) is 0 Å². The number of rotatable bonds is 8. The van der Waals surface area contributed by atoms with Gasteiger partial charge >= 0.3 is 0 Å². The zero-order chi connectivity index (χ0) is 20.0. The van der Waals surface area contributed by atoms with Crippen LogP contribution in [0.1, 0.15) is 40.5 Å². The highest BCUT2D eigenvalue weighted by atomic mass is 35.5. The summed E-state index contributed by atoms with van der Waals surface area (Å²) in [5.41, 5.74) is 3.62. The lowest BCUT2D eigenvalue weighted by molar-refractivity contribution is -0.398. The number of alkyl halides is 1. The third kappa shape index (κ3) is 5.67. The Kier molecular flexibility index (Phi) is 8.49. The third-order valence-corrected chi connectivity index (χ3v) is 4.72. The van der Waals surface area contributed by atoms with Gasteiger partial charge in [-0.1, -0.05) is 13.8 Å². The molecule has 0 aliphatic carbocycles. The number of Topliss-reactive ketones (excluding diaryl/α,β-unsaturated/α-hetero) is 1.